The van der Waals surface area contributed by atoms with Crippen LogP contribution in [0.4, 0.5) is 17.1 Å². The largest absolute Gasteiger partial charge is 0.507 e. The maximum absolute atomic E-state index is 10.0. The number of hydrogen-bond acceptors (Lipinski definition) is 5. The lowest BCUT2D eigenvalue weighted by Crippen LogP contribution is -1.83. The third-order valence-corrected chi connectivity index (χ3v) is 3.93. The number of aliphatic imine (C=N–C) groups is 1. The van der Waals surface area contributed by atoms with Crippen molar-refractivity contribution >= 4 is 34.9 Å². The Labute approximate surface area is 156 Å². The molecule has 0 aliphatic rings. The summed E-state index contributed by atoms with van der Waals surface area (Å²) in [5.74, 6) is 0.174. The standard InChI is InChI=1S/C20H16ClN3O2/c1-13-3-2-4-18(20(13)26)22-12-14-11-17(9-10-19(14)25)24-23-16-7-5-15(21)6-8-16/h2-12,25-26H,1H3. The summed E-state index contributed by atoms with van der Waals surface area (Å²) in [4.78, 5) is 4.24. The van der Waals surface area contributed by atoms with E-state index in [9.17, 15) is 10.2 Å². The lowest BCUT2D eigenvalue weighted by Gasteiger charge is -2.03. The van der Waals surface area contributed by atoms with Crippen LogP contribution in [0.1, 0.15) is 11.1 Å². The Morgan fingerprint density at radius 3 is 2.35 bits per heavy atom. The zero-order valence-corrected chi connectivity index (χ0v) is 14.7. The second-order valence-corrected chi connectivity index (χ2v) is 6.06. The number of halogens is 1. The van der Waals surface area contributed by atoms with Crippen molar-refractivity contribution in [1.82, 2.24) is 0 Å². The molecule has 0 radical (unpaired) electrons. The summed E-state index contributed by atoms with van der Waals surface area (Å²) in [6.45, 7) is 1.80. The van der Waals surface area contributed by atoms with E-state index in [4.69, 9.17) is 11.6 Å². The number of nitrogens with zero attached hydrogens (tertiary/aromatic N) is 3. The van der Waals surface area contributed by atoms with Gasteiger partial charge in [-0.2, -0.15) is 10.2 Å². The van der Waals surface area contributed by atoms with Gasteiger partial charge >= 0.3 is 0 Å². The predicted octanol–water partition coefficient (Wildman–Crippen LogP) is 6.23. The molecule has 3 aromatic carbocycles. The smallest absolute Gasteiger partial charge is 0.144 e. The molecule has 5 nitrogen and oxygen atoms in total. The van der Waals surface area contributed by atoms with E-state index >= 15 is 0 Å². The van der Waals surface area contributed by atoms with Crippen molar-refractivity contribution in [2.75, 3.05) is 0 Å². The number of phenols is 2. The van der Waals surface area contributed by atoms with E-state index in [0.29, 0.717) is 27.6 Å². The van der Waals surface area contributed by atoms with Gasteiger partial charge in [0.1, 0.15) is 17.2 Å². The zero-order chi connectivity index (χ0) is 18.5. The minimum absolute atomic E-state index is 0.0614. The van der Waals surface area contributed by atoms with Crippen LogP contribution in [0.3, 0.4) is 0 Å². The quantitative estimate of drug-likeness (QED) is 0.425. The lowest BCUT2D eigenvalue weighted by molar-refractivity contribution is 0.472. The Kier molecular flexibility index (Phi) is 5.29. The van der Waals surface area contributed by atoms with Crippen molar-refractivity contribution in [3.05, 3.63) is 76.8 Å². The molecule has 0 spiro atoms. The van der Waals surface area contributed by atoms with Crippen molar-refractivity contribution in [2.45, 2.75) is 6.92 Å². The number of benzene rings is 3. The molecule has 2 N–H and O–H groups in total. The first-order valence-corrected chi connectivity index (χ1v) is 8.24. The summed E-state index contributed by atoms with van der Waals surface area (Å²) in [5.41, 5.74) is 2.86. The summed E-state index contributed by atoms with van der Waals surface area (Å²) < 4.78 is 0. The SMILES string of the molecule is Cc1cccc(N=Cc2cc(N=Nc3ccc(Cl)cc3)ccc2O)c1O. The minimum Gasteiger partial charge on any atom is -0.507 e. The van der Waals surface area contributed by atoms with E-state index in [2.05, 4.69) is 15.2 Å². The van der Waals surface area contributed by atoms with Crippen molar-refractivity contribution in [3.63, 3.8) is 0 Å². The van der Waals surface area contributed by atoms with Crippen LogP contribution in [0.2, 0.25) is 5.02 Å². The monoisotopic (exact) mass is 365 g/mol. The third-order valence-electron chi connectivity index (χ3n) is 3.68. The Balaban J connectivity index is 1.84. The highest BCUT2D eigenvalue weighted by Gasteiger charge is 2.04. The van der Waals surface area contributed by atoms with Gasteiger partial charge in [-0.15, -0.1) is 0 Å². The highest BCUT2D eigenvalue weighted by Crippen LogP contribution is 2.30. The number of hydrogen-bond donors (Lipinski definition) is 2. The molecule has 6 heteroatoms. The molecule has 0 aromatic heterocycles. The lowest BCUT2D eigenvalue weighted by atomic mass is 10.2. The highest BCUT2D eigenvalue weighted by molar-refractivity contribution is 6.30. The maximum Gasteiger partial charge on any atom is 0.144 e. The number of aryl methyl sites for hydroxylation is 1. The molecule has 0 fully saturated rings. The summed E-state index contributed by atoms with van der Waals surface area (Å²) in [6.07, 6.45) is 1.48. The summed E-state index contributed by atoms with van der Waals surface area (Å²) in [7, 11) is 0. The number of aromatic hydroxyl groups is 2. The number of phenolic OH excluding ortho intramolecular Hbond substituents is 2. The Hall–Kier alpha value is -3.18. The number of azo groups is 1. The van der Waals surface area contributed by atoms with Gasteiger partial charge in [0.15, 0.2) is 0 Å². The van der Waals surface area contributed by atoms with Crippen molar-refractivity contribution < 1.29 is 10.2 Å². The molecule has 26 heavy (non-hydrogen) atoms. The zero-order valence-electron chi connectivity index (χ0n) is 14.0. The van der Waals surface area contributed by atoms with Gasteiger partial charge in [-0.3, -0.25) is 4.99 Å². The van der Waals surface area contributed by atoms with Crippen LogP contribution in [0, 0.1) is 6.92 Å². The first-order valence-electron chi connectivity index (χ1n) is 7.86. The van der Waals surface area contributed by atoms with Gasteiger partial charge in [0, 0.05) is 16.8 Å². The molecule has 130 valence electrons. The topological polar surface area (TPSA) is 77.5 Å². The molecule has 0 aliphatic heterocycles. The summed E-state index contributed by atoms with van der Waals surface area (Å²) in [5, 5.41) is 28.9. The van der Waals surface area contributed by atoms with E-state index in [0.717, 1.165) is 5.56 Å². The molecular weight excluding hydrogens is 350 g/mol. The normalized spacial score (nSPS) is 11.5. The van der Waals surface area contributed by atoms with E-state index in [1.165, 1.54) is 12.3 Å². The van der Waals surface area contributed by atoms with Gasteiger partial charge in [0.25, 0.3) is 0 Å². The fraction of sp³-hybridized carbons (Fsp3) is 0.0500. The fourth-order valence-corrected chi connectivity index (χ4v) is 2.34. The third kappa shape index (κ3) is 4.26. The molecule has 3 rings (SSSR count). The fourth-order valence-electron chi connectivity index (χ4n) is 2.22. The molecule has 0 unspecified atom stereocenters. The molecule has 0 bridgehead atoms. The van der Waals surface area contributed by atoms with Gasteiger partial charge in [-0.1, -0.05) is 23.7 Å². The molecule has 3 aromatic rings. The molecule has 0 amide bonds. The van der Waals surface area contributed by atoms with Gasteiger partial charge < -0.3 is 10.2 Å². The maximum atomic E-state index is 10.0. The molecule has 0 aliphatic carbocycles. The first kappa shape index (κ1) is 17.6. The summed E-state index contributed by atoms with van der Waals surface area (Å²) >= 11 is 5.84. The molecule has 0 heterocycles. The van der Waals surface area contributed by atoms with Gasteiger partial charge in [-0.25, -0.2) is 0 Å². The van der Waals surface area contributed by atoms with Crippen LogP contribution >= 0.6 is 11.6 Å². The predicted molar refractivity (Wildman–Crippen MR) is 104 cm³/mol. The van der Waals surface area contributed by atoms with Crippen LogP contribution in [0.25, 0.3) is 0 Å². The second kappa shape index (κ2) is 7.80. The first-order chi connectivity index (χ1) is 12.5. The van der Waals surface area contributed by atoms with E-state index in [1.54, 1.807) is 61.5 Å². The summed E-state index contributed by atoms with van der Waals surface area (Å²) in [6, 6.07) is 17.1. The van der Waals surface area contributed by atoms with Gasteiger partial charge in [-0.05, 0) is 61.0 Å². The van der Waals surface area contributed by atoms with Crippen molar-refractivity contribution in [3.8, 4) is 11.5 Å². The molecule has 0 atom stereocenters. The van der Waals surface area contributed by atoms with Crippen LogP contribution in [0.5, 0.6) is 11.5 Å². The van der Waals surface area contributed by atoms with Gasteiger partial charge in [0.2, 0.25) is 0 Å². The molecule has 0 saturated carbocycles. The average Bonchev–Trinajstić information content (AvgIpc) is 2.64. The van der Waals surface area contributed by atoms with E-state index in [-0.39, 0.29) is 11.5 Å². The van der Waals surface area contributed by atoms with Crippen molar-refractivity contribution in [2.24, 2.45) is 15.2 Å². The minimum atomic E-state index is 0.0614. The molecule has 0 saturated heterocycles. The van der Waals surface area contributed by atoms with Gasteiger partial charge in [0.05, 0.1) is 11.4 Å². The van der Waals surface area contributed by atoms with Crippen LogP contribution in [0.15, 0.2) is 75.9 Å². The second-order valence-electron chi connectivity index (χ2n) is 5.62. The van der Waals surface area contributed by atoms with Crippen molar-refractivity contribution in [1.29, 1.82) is 0 Å². The van der Waals surface area contributed by atoms with Crippen LogP contribution in [-0.4, -0.2) is 16.4 Å². The number of para-hydroxylation sites is 1. The van der Waals surface area contributed by atoms with Crippen LogP contribution < -0.4 is 0 Å². The number of rotatable bonds is 4. The average molecular weight is 366 g/mol. The van der Waals surface area contributed by atoms with E-state index < -0.39 is 0 Å². The Morgan fingerprint density at radius 1 is 0.885 bits per heavy atom. The Bertz CT molecular complexity index is 983. The van der Waals surface area contributed by atoms with Crippen LogP contribution in [-0.2, 0) is 0 Å². The highest BCUT2D eigenvalue weighted by atomic mass is 35.5. The Morgan fingerprint density at radius 2 is 1.58 bits per heavy atom. The molecular formula is C20H16ClN3O2. The van der Waals surface area contributed by atoms with E-state index in [1.807, 2.05) is 0 Å².